The van der Waals surface area contributed by atoms with Gasteiger partial charge in [0.05, 0.1) is 4.90 Å². The Hall–Kier alpha value is -2.25. The largest absolute Gasteiger partial charge is 0.460 e. The number of carbonyl (C=O) groups is 1. The Morgan fingerprint density at radius 2 is 1.83 bits per heavy atom. The highest BCUT2D eigenvalue weighted by Crippen LogP contribution is 2.14. The molecule has 1 N–H and O–H groups in total. The van der Waals surface area contributed by atoms with E-state index < -0.39 is 28.4 Å². The lowest BCUT2D eigenvalue weighted by molar-refractivity contribution is -0.143. The second-order valence-electron chi connectivity index (χ2n) is 5.32. The Balaban J connectivity index is 1.93. The molecular formula is C17H18FNO4S. The first-order chi connectivity index (χ1) is 11.3. The topological polar surface area (TPSA) is 72.5 Å². The maximum Gasteiger partial charge on any atom is 0.321 e. The molecule has 0 unspecified atom stereocenters. The van der Waals surface area contributed by atoms with Crippen LogP contribution < -0.4 is 4.72 Å². The van der Waals surface area contributed by atoms with Crippen molar-refractivity contribution in [3.8, 4) is 0 Å². The zero-order valence-electron chi connectivity index (χ0n) is 13.4. The predicted molar refractivity (Wildman–Crippen MR) is 87.3 cm³/mol. The van der Waals surface area contributed by atoms with Crippen molar-refractivity contribution in [2.45, 2.75) is 25.3 Å². The van der Waals surface area contributed by atoms with E-state index in [0.29, 0.717) is 0 Å². The SMILES string of the molecule is Cc1ccc(S(=O)(=O)NCC(=O)OCc2ccccc2F)cc1C. The Morgan fingerprint density at radius 1 is 1.12 bits per heavy atom. The first kappa shape index (κ1) is 18.1. The molecule has 0 aliphatic rings. The van der Waals surface area contributed by atoms with E-state index in [1.807, 2.05) is 6.92 Å². The molecule has 128 valence electrons. The number of hydrogen-bond acceptors (Lipinski definition) is 4. The van der Waals surface area contributed by atoms with Crippen LogP contribution in [0.5, 0.6) is 0 Å². The molecule has 24 heavy (non-hydrogen) atoms. The number of benzene rings is 2. The standard InChI is InChI=1S/C17H18FNO4S/c1-12-7-8-15(9-13(12)2)24(21,22)19-10-17(20)23-11-14-5-3-4-6-16(14)18/h3-9,19H,10-11H2,1-2H3. The zero-order chi connectivity index (χ0) is 17.7. The quantitative estimate of drug-likeness (QED) is 0.812. The highest BCUT2D eigenvalue weighted by Gasteiger charge is 2.17. The van der Waals surface area contributed by atoms with E-state index in [2.05, 4.69) is 4.72 Å². The molecular weight excluding hydrogens is 333 g/mol. The van der Waals surface area contributed by atoms with Crippen molar-refractivity contribution in [1.29, 1.82) is 0 Å². The summed E-state index contributed by atoms with van der Waals surface area (Å²) in [5.74, 6) is -1.27. The number of rotatable bonds is 6. The van der Waals surface area contributed by atoms with E-state index >= 15 is 0 Å². The summed E-state index contributed by atoms with van der Waals surface area (Å²) in [4.78, 5) is 11.7. The summed E-state index contributed by atoms with van der Waals surface area (Å²) in [7, 11) is -3.81. The smallest absolute Gasteiger partial charge is 0.321 e. The minimum absolute atomic E-state index is 0.0764. The van der Waals surface area contributed by atoms with Gasteiger partial charge in [0.1, 0.15) is 19.0 Å². The number of esters is 1. The summed E-state index contributed by atoms with van der Waals surface area (Å²) >= 11 is 0. The number of hydrogen-bond donors (Lipinski definition) is 1. The number of halogens is 1. The van der Waals surface area contributed by atoms with Crippen molar-refractivity contribution in [1.82, 2.24) is 4.72 Å². The molecule has 2 rings (SSSR count). The molecule has 0 aromatic heterocycles. The normalized spacial score (nSPS) is 11.3. The molecule has 0 radical (unpaired) electrons. The zero-order valence-corrected chi connectivity index (χ0v) is 14.2. The third-order valence-electron chi connectivity index (χ3n) is 3.54. The van der Waals surface area contributed by atoms with E-state index in [1.165, 1.54) is 30.3 Å². The molecule has 5 nitrogen and oxygen atoms in total. The van der Waals surface area contributed by atoms with Gasteiger partial charge in [-0.3, -0.25) is 4.79 Å². The summed E-state index contributed by atoms with van der Waals surface area (Å²) in [6, 6.07) is 10.6. The number of carbonyl (C=O) groups excluding carboxylic acids is 1. The lowest BCUT2D eigenvalue weighted by Crippen LogP contribution is -2.30. The van der Waals surface area contributed by atoms with Gasteiger partial charge in [-0.2, -0.15) is 4.72 Å². The molecule has 0 atom stereocenters. The minimum Gasteiger partial charge on any atom is -0.460 e. The number of nitrogens with one attached hydrogen (secondary N) is 1. The van der Waals surface area contributed by atoms with Gasteiger partial charge in [0.15, 0.2) is 0 Å². The van der Waals surface area contributed by atoms with Crippen molar-refractivity contribution >= 4 is 16.0 Å². The fourth-order valence-corrected chi connectivity index (χ4v) is 3.00. The lowest BCUT2D eigenvalue weighted by Gasteiger charge is -2.09. The van der Waals surface area contributed by atoms with Crippen LogP contribution in [0.2, 0.25) is 0 Å². The average Bonchev–Trinajstić information content (AvgIpc) is 2.54. The van der Waals surface area contributed by atoms with E-state index in [4.69, 9.17) is 4.74 Å². The molecule has 0 saturated carbocycles. The van der Waals surface area contributed by atoms with Crippen LogP contribution in [-0.2, 0) is 26.2 Å². The molecule has 0 saturated heterocycles. The number of sulfonamides is 1. The Labute approximate surface area is 140 Å². The van der Waals surface area contributed by atoms with Gasteiger partial charge in [-0.1, -0.05) is 24.3 Å². The van der Waals surface area contributed by atoms with Crippen molar-refractivity contribution in [3.63, 3.8) is 0 Å². The molecule has 2 aromatic rings. The van der Waals surface area contributed by atoms with E-state index in [0.717, 1.165) is 11.1 Å². The van der Waals surface area contributed by atoms with Gasteiger partial charge in [-0.25, -0.2) is 12.8 Å². The van der Waals surface area contributed by atoms with Crippen LogP contribution >= 0.6 is 0 Å². The van der Waals surface area contributed by atoms with Gasteiger partial charge >= 0.3 is 5.97 Å². The third kappa shape index (κ3) is 4.62. The van der Waals surface area contributed by atoms with Gasteiger partial charge < -0.3 is 4.74 Å². The first-order valence-corrected chi connectivity index (χ1v) is 8.74. The summed E-state index contributed by atoms with van der Waals surface area (Å²) in [5, 5.41) is 0. The number of ether oxygens (including phenoxy) is 1. The van der Waals surface area contributed by atoms with Gasteiger partial charge in [0, 0.05) is 5.56 Å². The molecule has 0 aliphatic carbocycles. The van der Waals surface area contributed by atoms with E-state index in [9.17, 15) is 17.6 Å². The monoisotopic (exact) mass is 351 g/mol. The van der Waals surface area contributed by atoms with E-state index in [-0.39, 0.29) is 17.1 Å². The molecule has 0 spiro atoms. The van der Waals surface area contributed by atoms with Gasteiger partial charge in [-0.15, -0.1) is 0 Å². The Bertz CT molecular complexity index is 849. The molecule has 0 bridgehead atoms. The van der Waals surface area contributed by atoms with Crippen molar-refractivity contribution in [2.24, 2.45) is 0 Å². The van der Waals surface area contributed by atoms with Crippen LogP contribution in [0.25, 0.3) is 0 Å². The van der Waals surface area contributed by atoms with Crippen molar-refractivity contribution in [2.75, 3.05) is 6.54 Å². The fourth-order valence-electron chi connectivity index (χ4n) is 1.94. The lowest BCUT2D eigenvalue weighted by atomic mass is 10.1. The summed E-state index contributed by atoms with van der Waals surface area (Å²) in [6.07, 6.45) is 0. The molecule has 7 heteroatoms. The molecule has 0 aliphatic heterocycles. The van der Waals surface area contributed by atoms with Crippen molar-refractivity contribution in [3.05, 3.63) is 65.0 Å². The molecule has 0 heterocycles. The highest BCUT2D eigenvalue weighted by atomic mass is 32.2. The summed E-state index contributed by atoms with van der Waals surface area (Å²) in [5.41, 5.74) is 2.03. The van der Waals surface area contributed by atoms with Crippen LogP contribution in [0.15, 0.2) is 47.4 Å². The molecule has 0 fully saturated rings. The maximum atomic E-state index is 13.4. The fraction of sp³-hybridized carbons (Fsp3) is 0.235. The van der Waals surface area contributed by atoms with Crippen LogP contribution in [0.3, 0.4) is 0 Å². The van der Waals surface area contributed by atoms with E-state index in [1.54, 1.807) is 19.1 Å². The number of aryl methyl sites for hydroxylation is 2. The predicted octanol–water partition coefficient (Wildman–Crippen LogP) is 2.46. The Kier molecular flexibility index (Phi) is 5.69. The molecule has 0 amide bonds. The summed E-state index contributed by atoms with van der Waals surface area (Å²) in [6.45, 7) is 2.90. The third-order valence-corrected chi connectivity index (χ3v) is 4.94. The minimum atomic E-state index is -3.81. The average molecular weight is 351 g/mol. The van der Waals surface area contributed by atoms with Crippen LogP contribution in [0, 0.1) is 19.7 Å². The Morgan fingerprint density at radius 3 is 2.50 bits per heavy atom. The van der Waals surface area contributed by atoms with Crippen molar-refractivity contribution < 1.29 is 22.3 Å². The maximum absolute atomic E-state index is 13.4. The highest BCUT2D eigenvalue weighted by molar-refractivity contribution is 7.89. The van der Waals surface area contributed by atoms with Gasteiger partial charge in [-0.05, 0) is 43.2 Å². The van der Waals surface area contributed by atoms with Crippen LogP contribution in [0.4, 0.5) is 4.39 Å². The first-order valence-electron chi connectivity index (χ1n) is 7.25. The second-order valence-corrected chi connectivity index (χ2v) is 7.09. The molecule has 2 aromatic carbocycles. The van der Waals surface area contributed by atoms with Gasteiger partial charge in [0.25, 0.3) is 0 Å². The van der Waals surface area contributed by atoms with Crippen LogP contribution in [0.1, 0.15) is 16.7 Å². The van der Waals surface area contributed by atoms with Gasteiger partial charge in [0.2, 0.25) is 10.0 Å². The van der Waals surface area contributed by atoms with Crippen LogP contribution in [-0.4, -0.2) is 20.9 Å². The second kappa shape index (κ2) is 7.55. The summed E-state index contributed by atoms with van der Waals surface area (Å²) < 4.78 is 44.8.